The van der Waals surface area contributed by atoms with E-state index in [0.29, 0.717) is 31.0 Å². The molecule has 2 aromatic carbocycles. The highest BCUT2D eigenvalue weighted by Crippen LogP contribution is 2.29. The van der Waals surface area contributed by atoms with Gasteiger partial charge in [-0.15, -0.1) is 0 Å². The van der Waals surface area contributed by atoms with Crippen LogP contribution in [0, 0.1) is 5.92 Å². The number of nitrogens with zero attached hydrogens (tertiary/aromatic N) is 2. The van der Waals surface area contributed by atoms with Gasteiger partial charge in [0.05, 0.1) is 7.11 Å². The molecule has 4 rings (SSSR count). The Morgan fingerprint density at radius 3 is 2.27 bits per heavy atom. The van der Waals surface area contributed by atoms with Crippen LogP contribution in [0.25, 0.3) is 0 Å². The number of hydrogen-bond acceptors (Lipinski definition) is 7. The number of methoxy groups -OCH3 is 1. The second kappa shape index (κ2) is 11.3. The fourth-order valence-corrected chi connectivity index (χ4v) is 4.08. The van der Waals surface area contributed by atoms with Crippen LogP contribution in [0.5, 0.6) is 23.1 Å². The molecule has 194 valence electrons. The Balaban J connectivity index is 1.42. The second-order valence-corrected chi connectivity index (χ2v) is 9.96. The number of carbonyl (C=O) groups is 2. The van der Waals surface area contributed by atoms with Crippen LogP contribution in [-0.2, 0) is 15.9 Å². The van der Waals surface area contributed by atoms with E-state index in [1.165, 1.54) is 7.11 Å². The Bertz CT molecular complexity index is 1220. The Labute approximate surface area is 217 Å². The number of hydrogen-bond donors (Lipinski definition) is 0. The van der Waals surface area contributed by atoms with E-state index in [-0.39, 0.29) is 23.5 Å². The highest BCUT2D eigenvalue weighted by atomic mass is 16.6. The lowest BCUT2D eigenvalue weighted by molar-refractivity contribution is 0.0288. The molecule has 1 atom stereocenters. The van der Waals surface area contributed by atoms with E-state index in [0.717, 1.165) is 17.7 Å². The van der Waals surface area contributed by atoms with Gasteiger partial charge < -0.3 is 23.8 Å². The molecule has 2 heterocycles. The van der Waals surface area contributed by atoms with Crippen LogP contribution in [0.15, 0.2) is 66.9 Å². The zero-order valence-corrected chi connectivity index (χ0v) is 21.6. The van der Waals surface area contributed by atoms with Crippen molar-refractivity contribution in [3.63, 3.8) is 0 Å². The summed E-state index contributed by atoms with van der Waals surface area (Å²) < 4.78 is 22.2. The van der Waals surface area contributed by atoms with Crippen LogP contribution in [0.2, 0.25) is 0 Å². The minimum atomic E-state index is -0.532. The van der Waals surface area contributed by atoms with Gasteiger partial charge in [-0.05, 0) is 87.6 Å². The third-order valence-corrected chi connectivity index (χ3v) is 5.79. The molecule has 0 N–H and O–H groups in total. The van der Waals surface area contributed by atoms with E-state index >= 15 is 0 Å². The van der Waals surface area contributed by atoms with Gasteiger partial charge in [-0.25, -0.2) is 14.6 Å². The lowest BCUT2D eigenvalue weighted by Gasteiger charge is -2.24. The van der Waals surface area contributed by atoms with Gasteiger partial charge in [0, 0.05) is 19.3 Å². The zero-order valence-electron chi connectivity index (χ0n) is 21.6. The van der Waals surface area contributed by atoms with Crippen molar-refractivity contribution >= 4 is 12.1 Å². The Morgan fingerprint density at radius 2 is 1.62 bits per heavy atom. The number of benzene rings is 2. The third kappa shape index (κ3) is 7.22. The molecule has 1 saturated heterocycles. The largest absolute Gasteiger partial charge is 0.465 e. The number of pyridine rings is 1. The smallest absolute Gasteiger partial charge is 0.410 e. The van der Waals surface area contributed by atoms with Gasteiger partial charge in [0.1, 0.15) is 28.4 Å². The maximum Gasteiger partial charge on any atom is 0.410 e. The van der Waals surface area contributed by atoms with Crippen molar-refractivity contribution < 1.29 is 28.5 Å². The van der Waals surface area contributed by atoms with Gasteiger partial charge >= 0.3 is 12.1 Å². The van der Waals surface area contributed by atoms with E-state index < -0.39 is 11.6 Å². The quantitative estimate of drug-likeness (QED) is 0.351. The summed E-state index contributed by atoms with van der Waals surface area (Å²) in [4.78, 5) is 31.0. The summed E-state index contributed by atoms with van der Waals surface area (Å²) in [6.07, 6.45) is 2.92. The summed E-state index contributed by atoms with van der Waals surface area (Å²) in [6.45, 7) is 6.80. The monoisotopic (exact) mass is 504 g/mol. The molecule has 8 heteroatoms. The van der Waals surface area contributed by atoms with E-state index in [1.807, 2.05) is 51.1 Å². The van der Waals surface area contributed by atoms with Crippen molar-refractivity contribution in [2.75, 3.05) is 20.2 Å². The Hall–Kier alpha value is -4.07. The maximum absolute atomic E-state index is 12.5. The minimum absolute atomic E-state index is 0.161. The van der Waals surface area contributed by atoms with Crippen LogP contribution in [-0.4, -0.2) is 47.7 Å². The predicted molar refractivity (Wildman–Crippen MR) is 138 cm³/mol. The first-order valence-corrected chi connectivity index (χ1v) is 12.3. The van der Waals surface area contributed by atoms with Gasteiger partial charge in [-0.3, -0.25) is 0 Å². The van der Waals surface area contributed by atoms with Crippen molar-refractivity contribution in [2.45, 2.75) is 39.2 Å². The summed E-state index contributed by atoms with van der Waals surface area (Å²) in [7, 11) is 1.32. The summed E-state index contributed by atoms with van der Waals surface area (Å²) in [6, 6.07) is 18.3. The molecule has 1 unspecified atom stereocenters. The first-order valence-electron chi connectivity index (χ1n) is 12.3. The fraction of sp³-hybridized carbons (Fsp3) is 0.345. The summed E-state index contributed by atoms with van der Waals surface area (Å²) in [5.41, 5.74) is 0.585. The van der Waals surface area contributed by atoms with Crippen molar-refractivity contribution in [1.29, 1.82) is 0 Å². The molecule has 0 saturated carbocycles. The van der Waals surface area contributed by atoms with Gasteiger partial charge in [-0.1, -0.05) is 18.2 Å². The Kier molecular flexibility index (Phi) is 7.96. The van der Waals surface area contributed by atoms with Crippen molar-refractivity contribution in [3.8, 4) is 23.1 Å². The molecule has 8 nitrogen and oxygen atoms in total. The van der Waals surface area contributed by atoms with Crippen molar-refractivity contribution in [1.82, 2.24) is 9.88 Å². The number of likely N-dealkylation sites (tertiary alicyclic amines) is 1. The van der Waals surface area contributed by atoms with Gasteiger partial charge in [0.2, 0.25) is 5.88 Å². The Morgan fingerprint density at radius 1 is 0.973 bits per heavy atom. The third-order valence-electron chi connectivity index (χ3n) is 5.79. The number of para-hydroxylation sites is 1. The lowest BCUT2D eigenvalue weighted by Crippen LogP contribution is -2.35. The molecule has 1 fully saturated rings. The number of amides is 1. The summed E-state index contributed by atoms with van der Waals surface area (Å²) in [5.74, 6) is 1.77. The van der Waals surface area contributed by atoms with Crippen molar-refractivity contribution in [3.05, 3.63) is 78.0 Å². The SMILES string of the molecule is COC(=O)c1cc(CC2CCN(C(=O)OC(C)(C)C)C2)cnc1Oc1ccc(Oc2ccccc2)cc1. The molecule has 3 aromatic rings. The maximum atomic E-state index is 12.5. The molecular weight excluding hydrogens is 472 g/mol. The number of rotatable bonds is 7. The number of carbonyl (C=O) groups excluding carboxylic acids is 2. The molecule has 37 heavy (non-hydrogen) atoms. The van der Waals surface area contributed by atoms with Gasteiger partial charge in [0.15, 0.2) is 0 Å². The highest BCUT2D eigenvalue weighted by molar-refractivity contribution is 5.92. The standard InChI is InChI=1S/C29H32N2O6/c1-29(2,3)37-28(33)31-15-14-20(19-31)16-21-17-25(27(32)34-4)26(30-18-21)36-24-12-10-23(11-13-24)35-22-8-6-5-7-9-22/h5-13,17-18,20H,14-16,19H2,1-4H3. The molecule has 1 aromatic heterocycles. The second-order valence-electron chi connectivity index (χ2n) is 9.96. The number of esters is 1. The molecular formula is C29H32N2O6. The van der Waals surface area contributed by atoms with Crippen LogP contribution in [0.4, 0.5) is 4.79 Å². The molecule has 1 aliphatic rings. The zero-order chi connectivity index (χ0) is 26.4. The normalized spacial score (nSPS) is 15.2. The molecule has 0 radical (unpaired) electrons. The van der Waals surface area contributed by atoms with E-state index in [9.17, 15) is 9.59 Å². The first-order chi connectivity index (χ1) is 17.7. The first kappa shape index (κ1) is 26.0. The number of ether oxygens (including phenoxy) is 4. The molecule has 0 aliphatic carbocycles. The van der Waals surface area contributed by atoms with Gasteiger partial charge in [-0.2, -0.15) is 0 Å². The lowest BCUT2D eigenvalue weighted by atomic mass is 9.99. The van der Waals surface area contributed by atoms with Crippen molar-refractivity contribution in [2.24, 2.45) is 5.92 Å². The fourth-order valence-electron chi connectivity index (χ4n) is 4.08. The molecule has 0 bridgehead atoms. The van der Waals surface area contributed by atoms with E-state index in [2.05, 4.69) is 4.98 Å². The molecule has 1 amide bonds. The predicted octanol–water partition coefficient (Wildman–Crippen LogP) is 6.25. The van der Waals surface area contributed by atoms with E-state index in [1.54, 1.807) is 41.4 Å². The molecule has 0 spiro atoms. The molecule has 1 aliphatic heterocycles. The average Bonchev–Trinajstić information content (AvgIpc) is 3.34. The highest BCUT2D eigenvalue weighted by Gasteiger charge is 2.30. The topological polar surface area (TPSA) is 87.2 Å². The van der Waals surface area contributed by atoms with Crippen LogP contribution < -0.4 is 9.47 Å². The van der Waals surface area contributed by atoms with Crippen LogP contribution >= 0.6 is 0 Å². The van der Waals surface area contributed by atoms with Crippen LogP contribution in [0.1, 0.15) is 43.1 Å². The van der Waals surface area contributed by atoms with Crippen LogP contribution in [0.3, 0.4) is 0 Å². The summed E-state index contributed by atoms with van der Waals surface area (Å²) >= 11 is 0. The average molecular weight is 505 g/mol. The minimum Gasteiger partial charge on any atom is -0.465 e. The van der Waals surface area contributed by atoms with E-state index in [4.69, 9.17) is 18.9 Å². The van der Waals surface area contributed by atoms with Gasteiger partial charge in [0.25, 0.3) is 0 Å². The summed E-state index contributed by atoms with van der Waals surface area (Å²) in [5, 5.41) is 0. The number of aromatic nitrogens is 1.